The number of hydrazone groups is 1. The van der Waals surface area contributed by atoms with Gasteiger partial charge in [-0.15, -0.1) is 0 Å². The minimum absolute atomic E-state index is 0.0333. The van der Waals surface area contributed by atoms with Crippen LogP contribution in [0.3, 0.4) is 0 Å². The Morgan fingerprint density at radius 2 is 1.92 bits per heavy atom. The third kappa shape index (κ3) is 4.92. The number of nitrogens with zero attached hydrogens (tertiary/aromatic N) is 4. The lowest BCUT2D eigenvalue weighted by atomic mass is 10.1. The number of hydrogen-bond acceptors (Lipinski definition) is 7. The molecule has 0 radical (unpaired) electrons. The largest absolute Gasteiger partial charge is 0.490 e. The van der Waals surface area contributed by atoms with Crippen LogP contribution in [0.5, 0.6) is 11.5 Å². The van der Waals surface area contributed by atoms with Gasteiger partial charge < -0.3 is 9.47 Å². The fourth-order valence-corrected chi connectivity index (χ4v) is 4.49. The molecule has 180 valence electrons. The van der Waals surface area contributed by atoms with E-state index >= 15 is 0 Å². The molecular formula is C27H23N5O3S. The molecule has 5 rings (SSSR count). The summed E-state index contributed by atoms with van der Waals surface area (Å²) < 4.78 is 11.8. The highest BCUT2D eigenvalue weighted by molar-refractivity contribution is 8.27. The van der Waals surface area contributed by atoms with E-state index < -0.39 is 5.91 Å². The summed E-state index contributed by atoms with van der Waals surface area (Å²) in [5.74, 6) is 0.645. The van der Waals surface area contributed by atoms with Crippen molar-refractivity contribution in [1.29, 1.82) is 5.41 Å². The summed E-state index contributed by atoms with van der Waals surface area (Å²) in [6, 6.07) is 17.3. The van der Waals surface area contributed by atoms with Crippen LogP contribution >= 0.6 is 11.8 Å². The Kier molecular flexibility index (Phi) is 6.64. The standard InChI is InChI=1S/C27H23N5O3S/c1-3-34-23-14-19(10-11-22(23)35-16-18-8-6-17(2)7-9-18)13-21-24(28)32-27(30-25(21)33)36-26(31-32)20-5-4-12-29-15-20/h4-15,28H,3,16H2,1-2H3. The van der Waals surface area contributed by atoms with Crippen LogP contribution in [0, 0.1) is 12.3 Å². The van der Waals surface area contributed by atoms with Crippen molar-refractivity contribution in [2.45, 2.75) is 20.5 Å². The number of aromatic nitrogens is 1. The van der Waals surface area contributed by atoms with Gasteiger partial charge in [-0.2, -0.15) is 15.1 Å². The summed E-state index contributed by atoms with van der Waals surface area (Å²) in [6.07, 6.45) is 4.99. The molecule has 0 bridgehead atoms. The number of pyridine rings is 1. The minimum Gasteiger partial charge on any atom is -0.490 e. The number of thioether (sulfide) groups is 1. The van der Waals surface area contributed by atoms with Crippen LogP contribution < -0.4 is 9.47 Å². The van der Waals surface area contributed by atoms with Crippen molar-refractivity contribution < 1.29 is 14.3 Å². The summed E-state index contributed by atoms with van der Waals surface area (Å²) in [4.78, 5) is 21.1. The second-order valence-corrected chi connectivity index (χ2v) is 9.04. The molecule has 1 amide bonds. The van der Waals surface area contributed by atoms with Crippen molar-refractivity contribution in [3.05, 3.63) is 94.8 Å². The highest BCUT2D eigenvalue weighted by Gasteiger charge is 2.36. The number of ether oxygens (including phenoxy) is 2. The zero-order chi connectivity index (χ0) is 25.1. The van der Waals surface area contributed by atoms with Crippen molar-refractivity contribution in [2.75, 3.05) is 6.61 Å². The van der Waals surface area contributed by atoms with Gasteiger partial charge in [-0.25, -0.2) is 0 Å². The zero-order valence-corrected chi connectivity index (χ0v) is 20.6. The van der Waals surface area contributed by atoms with Gasteiger partial charge in [0.1, 0.15) is 11.7 Å². The number of nitrogens with one attached hydrogen (secondary N) is 1. The van der Waals surface area contributed by atoms with E-state index in [4.69, 9.17) is 14.9 Å². The predicted octanol–water partition coefficient (Wildman–Crippen LogP) is 5.04. The lowest BCUT2D eigenvalue weighted by Crippen LogP contribution is -2.35. The molecule has 2 aromatic carbocycles. The number of aryl methyl sites for hydroxylation is 1. The van der Waals surface area contributed by atoms with Crippen molar-refractivity contribution in [3.8, 4) is 11.5 Å². The van der Waals surface area contributed by atoms with Crippen LogP contribution in [0.1, 0.15) is 29.2 Å². The predicted molar refractivity (Wildman–Crippen MR) is 141 cm³/mol. The third-order valence-corrected chi connectivity index (χ3v) is 6.41. The van der Waals surface area contributed by atoms with Crippen LogP contribution in [0.15, 0.2) is 82.7 Å². The summed E-state index contributed by atoms with van der Waals surface area (Å²) in [5.41, 5.74) is 3.88. The molecule has 2 aliphatic rings. The minimum atomic E-state index is -0.487. The van der Waals surface area contributed by atoms with Gasteiger partial charge >= 0.3 is 0 Å². The van der Waals surface area contributed by atoms with Gasteiger partial charge in [0, 0.05) is 18.0 Å². The van der Waals surface area contributed by atoms with Crippen molar-refractivity contribution in [3.63, 3.8) is 0 Å². The number of fused-ring (bicyclic) bond motifs is 1. The van der Waals surface area contributed by atoms with Gasteiger partial charge in [0.15, 0.2) is 17.3 Å². The van der Waals surface area contributed by atoms with Gasteiger partial charge in [0.05, 0.1) is 12.2 Å². The molecule has 0 fully saturated rings. The first-order chi connectivity index (χ1) is 17.5. The first kappa shape index (κ1) is 23.5. The Hall–Kier alpha value is -4.24. The molecule has 3 aromatic rings. The van der Waals surface area contributed by atoms with Crippen molar-refractivity contribution in [2.24, 2.45) is 10.1 Å². The van der Waals surface area contributed by atoms with E-state index in [1.807, 2.05) is 62.4 Å². The molecule has 0 atom stereocenters. The van der Waals surface area contributed by atoms with E-state index in [9.17, 15) is 4.79 Å². The number of benzene rings is 2. The number of carbonyl (C=O) groups excluding carboxylic acids is 1. The summed E-state index contributed by atoms with van der Waals surface area (Å²) in [5, 5.41) is 15.5. The maximum Gasteiger partial charge on any atom is 0.283 e. The van der Waals surface area contributed by atoms with Crippen LogP contribution in [-0.4, -0.2) is 38.6 Å². The average Bonchev–Trinajstić information content (AvgIpc) is 3.32. The summed E-state index contributed by atoms with van der Waals surface area (Å²) in [7, 11) is 0. The summed E-state index contributed by atoms with van der Waals surface area (Å²) in [6.45, 7) is 4.81. The van der Waals surface area contributed by atoms with E-state index in [0.717, 1.165) is 11.1 Å². The number of hydrogen-bond donors (Lipinski definition) is 1. The van der Waals surface area contributed by atoms with E-state index in [0.29, 0.717) is 40.5 Å². The summed E-state index contributed by atoms with van der Waals surface area (Å²) >= 11 is 1.24. The van der Waals surface area contributed by atoms with Crippen LogP contribution in [0.2, 0.25) is 0 Å². The smallest absolute Gasteiger partial charge is 0.283 e. The Bertz CT molecular complexity index is 1420. The molecule has 0 spiro atoms. The van der Waals surface area contributed by atoms with E-state index in [-0.39, 0.29) is 11.4 Å². The molecule has 0 saturated carbocycles. The van der Waals surface area contributed by atoms with Crippen LogP contribution in [0.25, 0.3) is 6.08 Å². The zero-order valence-electron chi connectivity index (χ0n) is 19.8. The normalized spacial score (nSPS) is 16.1. The highest BCUT2D eigenvalue weighted by Crippen LogP contribution is 2.33. The molecule has 0 unspecified atom stereocenters. The topological polar surface area (TPSA) is 100 Å². The SMILES string of the molecule is CCOc1cc(C=C2C(=N)N3N=C(c4cccnc4)SC3=NC2=O)ccc1OCc1ccc(C)cc1. The first-order valence-electron chi connectivity index (χ1n) is 11.4. The number of carbonyl (C=O) groups is 1. The maximum atomic E-state index is 12.8. The molecule has 8 nitrogen and oxygen atoms in total. The average molecular weight is 498 g/mol. The van der Waals surface area contributed by atoms with Gasteiger partial charge in [0.25, 0.3) is 5.91 Å². The monoisotopic (exact) mass is 497 g/mol. The molecule has 1 aromatic heterocycles. The number of aliphatic imine (C=N–C) groups is 1. The lowest BCUT2D eigenvalue weighted by molar-refractivity contribution is -0.114. The van der Waals surface area contributed by atoms with E-state index in [1.54, 1.807) is 24.5 Å². The van der Waals surface area contributed by atoms with Crippen molar-refractivity contribution in [1.82, 2.24) is 9.99 Å². The second-order valence-electron chi connectivity index (χ2n) is 8.08. The Balaban J connectivity index is 1.38. The Morgan fingerprint density at radius 1 is 1.08 bits per heavy atom. The van der Waals surface area contributed by atoms with Gasteiger partial charge in [-0.3, -0.25) is 15.2 Å². The van der Waals surface area contributed by atoms with Gasteiger partial charge in [-0.1, -0.05) is 35.9 Å². The fraction of sp³-hybridized carbons (Fsp3) is 0.148. The second kappa shape index (κ2) is 10.2. The number of amides is 1. The number of rotatable bonds is 7. The molecule has 9 heteroatoms. The Labute approximate surface area is 212 Å². The lowest BCUT2D eigenvalue weighted by Gasteiger charge is -2.20. The van der Waals surface area contributed by atoms with Crippen molar-refractivity contribution >= 4 is 39.8 Å². The van der Waals surface area contributed by atoms with E-state index in [1.165, 1.54) is 22.3 Å². The molecular weight excluding hydrogens is 474 g/mol. The van der Waals surface area contributed by atoms with Gasteiger partial charge in [0.2, 0.25) is 5.17 Å². The number of amidine groups is 2. The molecule has 0 aliphatic carbocycles. The molecule has 3 heterocycles. The Morgan fingerprint density at radius 3 is 2.67 bits per heavy atom. The maximum absolute atomic E-state index is 12.8. The quantitative estimate of drug-likeness (QED) is 0.459. The van der Waals surface area contributed by atoms with Crippen LogP contribution in [-0.2, 0) is 11.4 Å². The van der Waals surface area contributed by atoms with Gasteiger partial charge in [-0.05, 0) is 67.1 Å². The molecule has 1 N–H and O–H groups in total. The van der Waals surface area contributed by atoms with E-state index in [2.05, 4.69) is 15.1 Å². The van der Waals surface area contributed by atoms with Crippen LogP contribution in [0.4, 0.5) is 0 Å². The molecule has 36 heavy (non-hydrogen) atoms. The fourth-order valence-electron chi connectivity index (χ4n) is 3.61. The highest BCUT2D eigenvalue weighted by atomic mass is 32.2. The molecule has 2 aliphatic heterocycles. The third-order valence-electron chi connectivity index (χ3n) is 5.46. The molecule has 0 saturated heterocycles. The first-order valence-corrected chi connectivity index (χ1v) is 12.2.